The molecule has 7 heteroatoms. The lowest BCUT2D eigenvalue weighted by Gasteiger charge is -2.04. The Morgan fingerprint density at radius 1 is 1.45 bits per heavy atom. The maximum Gasteiger partial charge on any atom is 0.356 e. The number of halogens is 2. The summed E-state index contributed by atoms with van der Waals surface area (Å²) in [4.78, 5) is 14.8. The highest BCUT2D eigenvalue weighted by Crippen LogP contribution is 2.31. The standard InChI is InChI=1S/C13H12Br2N2O3/c1-2-20-13(18)11(17-19)3-7-6-16-10-5-8(14)4-9(15)12(7)10/h4-6,16,19H,2-3H2,1H3. The van der Waals surface area contributed by atoms with Crippen LogP contribution in [-0.2, 0) is 16.0 Å². The molecule has 0 radical (unpaired) electrons. The molecule has 0 unspecified atom stereocenters. The van der Waals surface area contributed by atoms with E-state index in [2.05, 4.69) is 42.0 Å². The van der Waals surface area contributed by atoms with E-state index in [1.807, 2.05) is 12.1 Å². The Morgan fingerprint density at radius 3 is 2.85 bits per heavy atom. The molecule has 0 aliphatic heterocycles. The Balaban J connectivity index is 2.37. The van der Waals surface area contributed by atoms with Crippen LogP contribution in [0.2, 0.25) is 0 Å². The Kier molecular flexibility index (Phi) is 4.82. The third-order valence-electron chi connectivity index (χ3n) is 2.77. The summed E-state index contributed by atoms with van der Waals surface area (Å²) in [6.07, 6.45) is 1.97. The molecular weight excluding hydrogens is 392 g/mol. The SMILES string of the molecule is CCOC(=O)C(Cc1c[nH]c2cc(Br)cc(Br)c12)=NO. The summed E-state index contributed by atoms with van der Waals surface area (Å²) in [5, 5.41) is 12.9. The lowest BCUT2D eigenvalue weighted by molar-refractivity contribution is -0.135. The van der Waals surface area contributed by atoms with E-state index in [0.717, 1.165) is 25.4 Å². The first-order chi connectivity index (χ1) is 9.56. The molecule has 2 N–H and O–H groups in total. The number of aromatic amines is 1. The summed E-state index contributed by atoms with van der Waals surface area (Å²) in [5.74, 6) is -0.613. The molecule has 2 rings (SSSR count). The summed E-state index contributed by atoms with van der Waals surface area (Å²) in [5.41, 5.74) is 1.74. The predicted molar refractivity (Wildman–Crippen MR) is 83.3 cm³/mol. The number of hydrogen-bond acceptors (Lipinski definition) is 4. The second-order valence-corrected chi connectivity index (χ2v) is 5.84. The van der Waals surface area contributed by atoms with Crippen molar-refractivity contribution in [3.8, 4) is 0 Å². The van der Waals surface area contributed by atoms with Gasteiger partial charge in [-0.15, -0.1) is 0 Å². The number of fused-ring (bicyclic) bond motifs is 1. The van der Waals surface area contributed by atoms with Gasteiger partial charge in [-0.25, -0.2) is 4.79 Å². The van der Waals surface area contributed by atoms with Crippen LogP contribution >= 0.6 is 31.9 Å². The van der Waals surface area contributed by atoms with Crippen LogP contribution < -0.4 is 0 Å². The van der Waals surface area contributed by atoms with Gasteiger partial charge in [0.05, 0.1) is 6.61 Å². The molecule has 5 nitrogen and oxygen atoms in total. The summed E-state index contributed by atoms with van der Waals surface area (Å²) in [6, 6.07) is 3.85. The predicted octanol–water partition coefficient (Wildman–Crippen LogP) is 3.63. The molecule has 0 amide bonds. The van der Waals surface area contributed by atoms with E-state index in [9.17, 15) is 4.79 Å². The first kappa shape index (κ1) is 15.1. The molecule has 0 fully saturated rings. The summed E-state index contributed by atoms with van der Waals surface area (Å²) in [7, 11) is 0. The van der Waals surface area contributed by atoms with Crippen LogP contribution in [0.5, 0.6) is 0 Å². The highest BCUT2D eigenvalue weighted by Gasteiger charge is 2.17. The average Bonchev–Trinajstić information content (AvgIpc) is 2.79. The van der Waals surface area contributed by atoms with Crippen molar-refractivity contribution in [2.24, 2.45) is 5.16 Å². The lowest BCUT2D eigenvalue weighted by Crippen LogP contribution is -2.19. The number of H-pyrrole nitrogens is 1. The summed E-state index contributed by atoms with van der Waals surface area (Å²) >= 11 is 6.90. The van der Waals surface area contributed by atoms with E-state index in [4.69, 9.17) is 9.94 Å². The molecular formula is C13H12Br2N2O3. The second kappa shape index (κ2) is 6.41. The number of rotatable bonds is 4. The maximum atomic E-state index is 11.6. The Hall–Kier alpha value is -1.34. The van der Waals surface area contributed by atoms with Gasteiger partial charge in [0.25, 0.3) is 0 Å². The van der Waals surface area contributed by atoms with Gasteiger partial charge >= 0.3 is 5.97 Å². The topological polar surface area (TPSA) is 74.7 Å². The van der Waals surface area contributed by atoms with Gasteiger partial charge in [0.15, 0.2) is 5.71 Å². The fourth-order valence-corrected chi connectivity index (χ4v) is 3.41. The van der Waals surface area contributed by atoms with Gasteiger partial charge in [-0.3, -0.25) is 0 Å². The molecule has 0 aliphatic carbocycles. The number of esters is 1. The summed E-state index contributed by atoms with van der Waals surface area (Å²) < 4.78 is 6.67. The van der Waals surface area contributed by atoms with Crippen molar-refractivity contribution in [2.75, 3.05) is 6.61 Å². The van der Waals surface area contributed by atoms with Crippen LogP contribution in [0.4, 0.5) is 0 Å². The zero-order valence-corrected chi connectivity index (χ0v) is 13.8. The minimum atomic E-state index is -0.613. The normalized spacial score (nSPS) is 11.8. The van der Waals surface area contributed by atoms with Gasteiger partial charge in [0.2, 0.25) is 0 Å². The zero-order chi connectivity index (χ0) is 14.7. The molecule has 0 saturated heterocycles. The summed E-state index contributed by atoms with van der Waals surface area (Å²) in [6.45, 7) is 1.94. The first-order valence-corrected chi connectivity index (χ1v) is 7.48. The van der Waals surface area contributed by atoms with Gasteiger partial charge < -0.3 is 14.9 Å². The number of carbonyl (C=O) groups is 1. The third kappa shape index (κ3) is 3.04. The molecule has 20 heavy (non-hydrogen) atoms. The van der Waals surface area contributed by atoms with Gasteiger partial charge in [-0.1, -0.05) is 37.0 Å². The van der Waals surface area contributed by atoms with Gasteiger partial charge in [-0.2, -0.15) is 0 Å². The largest absolute Gasteiger partial charge is 0.461 e. The highest BCUT2D eigenvalue weighted by molar-refractivity contribution is 9.11. The molecule has 2 aromatic rings. The molecule has 106 valence electrons. The smallest absolute Gasteiger partial charge is 0.356 e. The molecule has 0 atom stereocenters. The van der Waals surface area contributed by atoms with Crippen LogP contribution in [-0.4, -0.2) is 28.5 Å². The van der Waals surface area contributed by atoms with Crippen molar-refractivity contribution in [2.45, 2.75) is 13.3 Å². The van der Waals surface area contributed by atoms with Crippen molar-refractivity contribution < 1.29 is 14.7 Å². The molecule has 0 saturated carbocycles. The molecule has 1 aromatic heterocycles. The Bertz CT molecular complexity index is 680. The number of benzene rings is 1. The Morgan fingerprint density at radius 2 is 2.20 bits per heavy atom. The van der Waals surface area contributed by atoms with Crippen molar-refractivity contribution in [1.82, 2.24) is 4.98 Å². The van der Waals surface area contributed by atoms with Crippen molar-refractivity contribution in [3.63, 3.8) is 0 Å². The Labute approximate surface area is 132 Å². The minimum Gasteiger partial charge on any atom is -0.461 e. The van der Waals surface area contributed by atoms with Gasteiger partial charge in [0, 0.05) is 32.5 Å². The number of hydrogen-bond donors (Lipinski definition) is 2. The van der Waals surface area contributed by atoms with E-state index < -0.39 is 5.97 Å². The number of carbonyl (C=O) groups excluding carboxylic acids is 1. The molecule has 0 bridgehead atoms. The lowest BCUT2D eigenvalue weighted by atomic mass is 10.1. The molecule has 1 aromatic carbocycles. The van der Waals surface area contributed by atoms with E-state index in [-0.39, 0.29) is 18.7 Å². The van der Waals surface area contributed by atoms with Crippen molar-refractivity contribution in [3.05, 3.63) is 32.8 Å². The van der Waals surface area contributed by atoms with Crippen LogP contribution in [0.3, 0.4) is 0 Å². The maximum absolute atomic E-state index is 11.6. The van der Waals surface area contributed by atoms with Crippen molar-refractivity contribution in [1.29, 1.82) is 0 Å². The van der Waals surface area contributed by atoms with Crippen LogP contribution in [0.25, 0.3) is 10.9 Å². The monoisotopic (exact) mass is 402 g/mol. The fourth-order valence-electron chi connectivity index (χ4n) is 1.93. The van der Waals surface area contributed by atoms with Crippen LogP contribution in [0, 0.1) is 0 Å². The van der Waals surface area contributed by atoms with Crippen molar-refractivity contribution >= 4 is 54.4 Å². The number of nitrogens with one attached hydrogen (secondary N) is 1. The molecule has 0 spiro atoms. The minimum absolute atomic E-state index is 0.0254. The second-order valence-electron chi connectivity index (χ2n) is 4.07. The van der Waals surface area contributed by atoms with Crippen LogP contribution in [0.15, 0.2) is 32.4 Å². The quantitative estimate of drug-likeness (QED) is 0.354. The highest BCUT2D eigenvalue weighted by atomic mass is 79.9. The zero-order valence-electron chi connectivity index (χ0n) is 10.6. The average molecular weight is 404 g/mol. The van der Waals surface area contributed by atoms with E-state index in [1.54, 1.807) is 13.1 Å². The molecule has 0 aliphatic rings. The number of nitrogens with zero attached hydrogens (tertiary/aromatic N) is 1. The van der Waals surface area contributed by atoms with Gasteiger partial charge in [-0.05, 0) is 24.6 Å². The van der Waals surface area contributed by atoms with E-state index >= 15 is 0 Å². The van der Waals surface area contributed by atoms with E-state index in [0.29, 0.717) is 0 Å². The third-order valence-corrected chi connectivity index (χ3v) is 3.85. The number of aromatic nitrogens is 1. The molecule has 1 heterocycles. The first-order valence-electron chi connectivity index (χ1n) is 5.89. The fraction of sp³-hybridized carbons (Fsp3) is 0.231. The number of oxime groups is 1. The number of ether oxygens (including phenoxy) is 1. The van der Waals surface area contributed by atoms with E-state index in [1.165, 1.54) is 0 Å². The van der Waals surface area contributed by atoms with Gasteiger partial charge in [0.1, 0.15) is 0 Å². The van der Waals surface area contributed by atoms with Crippen LogP contribution in [0.1, 0.15) is 12.5 Å².